The van der Waals surface area contributed by atoms with Gasteiger partial charge in [-0.1, -0.05) is 41.6 Å². The number of para-hydroxylation sites is 1. The number of rotatable bonds is 5. The van der Waals surface area contributed by atoms with Crippen LogP contribution in [0.5, 0.6) is 0 Å². The van der Waals surface area contributed by atoms with E-state index < -0.39 is 0 Å². The van der Waals surface area contributed by atoms with E-state index in [2.05, 4.69) is 4.98 Å². The van der Waals surface area contributed by atoms with E-state index in [0.717, 1.165) is 17.4 Å². The van der Waals surface area contributed by atoms with E-state index in [1.165, 1.54) is 4.57 Å². The lowest BCUT2D eigenvalue weighted by Gasteiger charge is -2.07. The third-order valence-corrected chi connectivity index (χ3v) is 4.56. The van der Waals surface area contributed by atoms with Gasteiger partial charge < -0.3 is 0 Å². The van der Waals surface area contributed by atoms with E-state index in [-0.39, 0.29) is 17.1 Å². The third-order valence-electron chi connectivity index (χ3n) is 3.35. The van der Waals surface area contributed by atoms with Crippen LogP contribution in [-0.4, -0.2) is 21.1 Å². The molecule has 0 spiro atoms. The topological polar surface area (TPSA) is 52.0 Å². The number of halogens is 1. The second-order valence-corrected chi connectivity index (χ2v) is 6.36. The molecule has 3 rings (SSSR count). The highest BCUT2D eigenvalue weighted by Gasteiger charge is 2.11. The average molecular weight is 357 g/mol. The molecule has 4 nitrogen and oxygen atoms in total. The molecule has 24 heavy (non-hydrogen) atoms. The Morgan fingerprint density at radius 2 is 1.79 bits per heavy atom. The van der Waals surface area contributed by atoms with Gasteiger partial charge in [0.1, 0.15) is 0 Å². The first-order valence-electron chi connectivity index (χ1n) is 7.20. The monoisotopic (exact) mass is 356 g/mol. The maximum Gasteiger partial charge on any atom is 0.287 e. The van der Waals surface area contributed by atoms with Gasteiger partial charge in [0.05, 0.1) is 5.75 Å². The van der Waals surface area contributed by atoms with Gasteiger partial charge >= 0.3 is 0 Å². The minimum Gasteiger partial charge on any atom is -0.293 e. The van der Waals surface area contributed by atoms with E-state index in [4.69, 9.17) is 11.6 Å². The zero-order valence-corrected chi connectivity index (χ0v) is 14.1. The number of ketones is 1. The van der Waals surface area contributed by atoms with E-state index >= 15 is 0 Å². The van der Waals surface area contributed by atoms with Crippen LogP contribution in [-0.2, 0) is 0 Å². The fourth-order valence-electron chi connectivity index (χ4n) is 2.14. The maximum atomic E-state index is 12.5. The maximum absolute atomic E-state index is 12.5. The van der Waals surface area contributed by atoms with E-state index in [1.807, 2.05) is 30.3 Å². The van der Waals surface area contributed by atoms with Crippen molar-refractivity contribution in [3.8, 4) is 5.69 Å². The number of benzene rings is 2. The molecule has 0 amide bonds. The molecule has 120 valence electrons. The summed E-state index contributed by atoms with van der Waals surface area (Å²) in [6.07, 6.45) is 3.17. The smallest absolute Gasteiger partial charge is 0.287 e. The van der Waals surface area contributed by atoms with Gasteiger partial charge in [0, 0.05) is 28.7 Å². The summed E-state index contributed by atoms with van der Waals surface area (Å²) < 4.78 is 1.52. The molecular formula is C18H13ClN2O2S. The normalized spacial score (nSPS) is 10.5. The molecule has 0 bridgehead atoms. The van der Waals surface area contributed by atoms with Gasteiger partial charge in [-0.05, 0) is 36.4 Å². The molecule has 0 saturated heterocycles. The first-order valence-corrected chi connectivity index (χ1v) is 8.56. The van der Waals surface area contributed by atoms with Gasteiger partial charge in [0.25, 0.3) is 5.56 Å². The van der Waals surface area contributed by atoms with Crippen molar-refractivity contribution < 1.29 is 4.79 Å². The van der Waals surface area contributed by atoms with Crippen LogP contribution in [0.1, 0.15) is 10.4 Å². The van der Waals surface area contributed by atoms with Crippen LogP contribution in [0.4, 0.5) is 0 Å². The Hall–Kier alpha value is -2.37. The predicted molar refractivity (Wildman–Crippen MR) is 96.3 cm³/mol. The van der Waals surface area contributed by atoms with Crippen LogP contribution in [0.15, 0.2) is 76.8 Å². The third kappa shape index (κ3) is 3.75. The molecule has 0 saturated carbocycles. The Morgan fingerprint density at radius 3 is 2.50 bits per heavy atom. The first kappa shape index (κ1) is 16.5. The molecule has 0 aliphatic heterocycles. The van der Waals surface area contributed by atoms with Crippen LogP contribution < -0.4 is 5.56 Å². The summed E-state index contributed by atoms with van der Waals surface area (Å²) in [5.41, 5.74) is 1.08. The van der Waals surface area contributed by atoms with Crippen molar-refractivity contribution >= 4 is 29.1 Å². The van der Waals surface area contributed by atoms with E-state index in [1.54, 1.807) is 36.7 Å². The van der Waals surface area contributed by atoms with Crippen molar-refractivity contribution in [2.75, 3.05) is 5.75 Å². The minimum absolute atomic E-state index is 0.0759. The van der Waals surface area contributed by atoms with Crippen molar-refractivity contribution in [1.29, 1.82) is 0 Å². The molecule has 0 radical (unpaired) electrons. The molecule has 0 unspecified atom stereocenters. The number of thioether (sulfide) groups is 1. The van der Waals surface area contributed by atoms with Crippen LogP contribution >= 0.6 is 23.4 Å². The van der Waals surface area contributed by atoms with Crippen molar-refractivity contribution in [3.05, 3.63) is 87.9 Å². The quantitative estimate of drug-likeness (QED) is 0.514. The number of hydrogen-bond acceptors (Lipinski definition) is 4. The highest BCUT2D eigenvalue weighted by Crippen LogP contribution is 2.16. The summed E-state index contributed by atoms with van der Waals surface area (Å²) in [5.74, 6) is 0.0656. The number of aromatic nitrogens is 2. The lowest BCUT2D eigenvalue weighted by molar-refractivity contribution is 0.102. The van der Waals surface area contributed by atoms with Crippen molar-refractivity contribution in [2.24, 2.45) is 0 Å². The molecule has 0 aliphatic carbocycles. The minimum atomic E-state index is -0.238. The zero-order chi connectivity index (χ0) is 16.9. The Morgan fingerprint density at radius 1 is 1.08 bits per heavy atom. The summed E-state index contributed by atoms with van der Waals surface area (Å²) >= 11 is 6.95. The second-order valence-electron chi connectivity index (χ2n) is 4.96. The molecule has 1 heterocycles. The van der Waals surface area contributed by atoms with Gasteiger partial charge in [-0.25, -0.2) is 4.98 Å². The van der Waals surface area contributed by atoms with Gasteiger partial charge in [0.15, 0.2) is 10.8 Å². The summed E-state index contributed by atoms with van der Waals surface area (Å²) in [7, 11) is 0. The first-order chi connectivity index (χ1) is 11.6. The molecule has 6 heteroatoms. The predicted octanol–water partition coefficient (Wildman–Crippen LogP) is 3.86. The average Bonchev–Trinajstić information content (AvgIpc) is 2.62. The Balaban J connectivity index is 1.78. The standard InChI is InChI=1S/C18H13ClN2O2S/c19-14-8-6-13(7-9-14)16(22)12-24-17-18(23)21(11-10-20-17)15-4-2-1-3-5-15/h1-11H,12H2. The van der Waals surface area contributed by atoms with E-state index in [0.29, 0.717) is 15.6 Å². The van der Waals surface area contributed by atoms with Crippen LogP contribution in [0, 0.1) is 0 Å². The van der Waals surface area contributed by atoms with Gasteiger partial charge in [-0.15, -0.1) is 0 Å². The fraction of sp³-hybridized carbons (Fsp3) is 0.0556. The molecule has 2 aromatic carbocycles. The molecule has 0 atom stereocenters. The highest BCUT2D eigenvalue weighted by molar-refractivity contribution is 7.99. The highest BCUT2D eigenvalue weighted by atomic mass is 35.5. The van der Waals surface area contributed by atoms with Crippen molar-refractivity contribution in [2.45, 2.75) is 5.03 Å². The molecule has 1 aromatic heterocycles. The van der Waals surface area contributed by atoms with Crippen molar-refractivity contribution in [3.63, 3.8) is 0 Å². The lowest BCUT2D eigenvalue weighted by atomic mass is 10.1. The largest absolute Gasteiger partial charge is 0.293 e. The fourth-order valence-corrected chi connectivity index (χ4v) is 3.06. The summed E-state index contributed by atoms with van der Waals surface area (Å²) in [6.45, 7) is 0. The van der Waals surface area contributed by atoms with Crippen molar-refractivity contribution in [1.82, 2.24) is 9.55 Å². The Labute approximate surface area is 148 Å². The number of Topliss-reactive ketones (excluding diaryl/α,β-unsaturated/α-hetero) is 1. The molecule has 0 aliphatic rings. The number of hydrogen-bond donors (Lipinski definition) is 0. The molecule has 3 aromatic rings. The number of carbonyl (C=O) groups excluding carboxylic acids is 1. The Kier molecular flexibility index (Phi) is 5.13. The zero-order valence-electron chi connectivity index (χ0n) is 12.6. The number of carbonyl (C=O) groups is 1. The summed E-state index contributed by atoms with van der Waals surface area (Å²) in [5, 5.41) is 0.873. The lowest BCUT2D eigenvalue weighted by Crippen LogP contribution is -2.21. The molecular weight excluding hydrogens is 344 g/mol. The molecule has 0 fully saturated rings. The molecule has 0 N–H and O–H groups in total. The van der Waals surface area contributed by atoms with Crippen LogP contribution in [0.25, 0.3) is 5.69 Å². The van der Waals surface area contributed by atoms with Gasteiger partial charge in [0.2, 0.25) is 0 Å². The van der Waals surface area contributed by atoms with Gasteiger partial charge in [-0.2, -0.15) is 0 Å². The second kappa shape index (κ2) is 7.47. The summed E-state index contributed by atoms with van der Waals surface area (Å²) in [4.78, 5) is 28.8. The summed E-state index contributed by atoms with van der Waals surface area (Å²) in [6, 6.07) is 16.0. The van der Waals surface area contributed by atoms with E-state index in [9.17, 15) is 9.59 Å². The SMILES string of the molecule is O=C(CSc1nccn(-c2ccccc2)c1=O)c1ccc(Cl)cc1. The number of nitrogens with zero attached hydrogens (tertiary/aromatic N) is 2. The van der Waals surface area contributed by atoms with Crippen LogP contribution in [0.3, 0.4) is 0 Å². The Bertz CT molecular complexity index is 908. The van der Waals surface area contributed by atoms with Gasteiger partial charge in [-0.3, -0.25) is 14.2 Å². The van der Waals surface area contributed by atoms with Crippen LogP contribution in [0.2, 0.25) is 5.02 Å².